The summed E-state index contributed by atoms with van der Waals surface area (Å²) in [5.41, 5.74) is 8.09. The van der Waals surface area contributed by atoms with Gasteiger partial charge in [0.1, 0.15) is 5.51 Å². The molecule has 1 aromatic heterocycles. The van der Waals surface area contributed by atoms with Crippen LogP contribution in [-0.2, 0) is 10.0 Å². The minimum Gasteiger partial charge on any atom is -0.398 e. The SMILES string of the molecule is Cc1c(N)cc(Br)cc1S(=O)(=O)Nc1nncs1. The zero-order valence-electron chi connectivity index (χ0n) is 9.21. The summed E-state index contributed by atoms with van der Waals surface area (Å²) in [5, 5.41) is 7.42. The summed E-state index contributed by atoms with van der Waals surface area (Å²) < 4.78 is 27.3. The lowest BCUT2D eigenvalue weighted by atomic mass is 10.2. The van der Waals surface area contributed by atoms with E-state index in [-0.39, 0.29) is 10.0 Å². The molecule has 0 saturated carbocycles. The number of benzene rings is 1. The Bertz CT molecular complexity index is 670. The Kier molecular flexibility index (Phi) is 3.55. The molecule has 0 saturated heterocycles. The topological polar surface area (TPSA) is 98.0 Å². The van der Waals surface area contributed by atoms with Crippen molar-refractivity contribution in [1.82, 2.24) is 10.2 Å². The van der Waals surface area contributed by atoms with E-state index in [1.807, 2.05) is 0 Å². The summed E-state index contributed by atoms with van der Waals surface area (Å²) in [4.78, 5) is 0.115. The third-order valence-corrected chi connectivity index (χ3v) is 4.90. The Morgan fingerprint density at radius 3 is 2.78 bits per heavy atom. The summed E-state index contributed by atoms with van der Waals surface area (Å²) in [6.07, 6.45) is 0. The molecule has 0 bridgehead atoms. The zero-order valence-corrected chi connectivity index (χ0v) is 12.4. The maximum atomic E-state index is 12.2. The van der Waals surface area contributed by atoms with Crippen molar-refractivity contribution in [3.63, 3.8) is 0 Å². The van der Waals surface area contributed by atoms with Crippen molar-refractivity contribution in [1.29, 1.82) is 0 Å². The smallest absolute Gasteiger partial charge is 0.264 e. The van der Waals surface area contributed by atoms with E-state index in [9.17, 15) is 8.42 Å². The first-order valence-corrected chi connectivity index (χ1v) is 7.90. The maximum Gasteiger partial charge on any atom is 0.264 e. The quantitative estimate of drug-likeness (QED) is 0.826. The monoisotopic (exact) mass is 348 g/mol. The largest absolute Gasteiger partial charge is 0.398 e. The summed E-state index contributed by atoms with van der Waals surface area (Å²) in [6.45, 7) is 1.65. The van der Waals surface area contributed by atoms with Crippen LogP contribution in [0.1, 0.15) is 5.56 Å². The highest BCUT2D eigenvalue weighted by Gasteiger charge is 2.20. The van der Waals surface area contributed by atoms with E-state index >= 15 is 0 Å². The first kappa shape index (κ1) is 13.2. The number of nitrogens with one attached hydrogen (secondary N) is 1. The Labute approximate surface area is 116 Å². The molecule has 0 aliphatic heterocycles. The van der Waals surface area contributed by atoms with E-state index in [0.29, 0.717) is 15.7 Å². The van der Waals surface area contributed by atoms with Crippen LogP contribution in [0.2, 0.25) is 0 Å². The van der Waals surface area contributed by atoms with Crippen molar-refractivity contribution in [2.24, 2.45) is 0 Å². The third kappa shape index (κ3) is 2.62. The molecule has 0 unspecified atom stereocenters. The molecule has 0 spiro atoms. The number of anilines is 2. The van der Waals surface area contributed by atoms with Crippen molar-refractivity contribution in [3.05, 3.63) is 27.7 Å². The number of nitrogens with two attached hydrogens (primary N) is 1. The number of nitrogens with zero attached hydrogens (tertiary/aromatic N) is 2. The van der Waals surface area contributed by atoms with E-state index in [4.69, 9.17) is 5.73 Å². The van der Waals surface area contributed by atoms with Crippen LogP contribution in [0.25, 0.3) is 0 Å². The average molecular weight is 349 g/mol. The molecule has 0 atom stereocenters. The lowest BCUT2D eigenvalue weighted by Crippen LogP contribution is -2.15. The van der Waals surface area contributed by atoms with Gasteiger partial charge in [-0.05, 0) is 24.6 Å². The molecule has 2 aromatic rings. The van der Waals surface area contributed by atoms with Gasteiger partial charge >= 0.3 is 0 Å². The summed E-state index contributed by atoms with van der Waals surface area (Å²) in [7, 11) is -3.71. The predicted molar refractivity (Wildman–Crippen MR) is 74.0 cm³/mol. The molecular weight excluding hydrogens is 340 g/mol. The van der Waals surface area contributed by atoms with Crippen LogP contribution < -0.4 is 10.5 Å². The lowest BCUT2D eigenvalue weighted by molar-refractivity contribution is 0.600. The highest BCUT2D eigenvalue weighted by Crippen LogP contribution is 2.27. The molecule has 9 heteroatoms. The van der Waals surface area contributed by atoms with Crippen LogP contribution in [0.5, 0.6) is 0 Å². The van der Waals surface area contributed by atoms with Crippen LogP contribution in [0.3, 0.4) is 0 Å². The van der Waals surface area contributed by atoms with Gasteiger partial charge in [-0.15, -0.1) is 10.2 Å². The molecule has 0 radical (unpaired) electrons. The van der Waals surface area contributed by atoms with Gasteiger partial charge in [-0.3, -0.25) is 4.72 Å². The van der Waals surface area contributed by atoms with Gasteiger partial charge in [-0.25, -0.2) is 8.42 Å². The van der Waals surface area contributed by atoms with Gasteiger partial charge in [-0.1, -0.05) is 27.3 Å². The van der Waals surface area contributed by atoms with Crippen molar-refractivity contribution >= 4 is 48.1 Å². The molecule has 1 aromatic carbocycles. The lowest BCUT2D eigenvalue weighted by Gasteiger charge is -2.10. The fraction of sp³-hybridized carbons (Fsp3) is 0.111. The standard InChI is InChI=1S/C9H9BrN4O2S2/c1-5-7(11)2-6(10)3-8(5)18(15,16)14-9-13-12-4-17-9/h2-4H,11H2,1H3,(H,13,14). The van der Waals surface area contributed by atoms with E-state index in [1.54, 1.807) is 13.0 Å². The Balaban J connectivity index is 2.48. The van der Waals surface area contributed by atoms with Gasteiger partial charge in [0.25, 0.3) is 10.0 Å². The predicted octanol–water partition coefficient (Wildman–Crippen LogP) is 1.99. The van der Waals surface area contributed by atoms with Crippen LogP contribution in [-0.4, -0.2) is 18.6 Å². The normalized spacial score (nSPS) is 11.4. The molecule has 0 aliphatic carbocycles. The Hall–Kier alpha value is -1.19. The first-order valence-electron chi connectivity index (χ1n) is 4.75. The van der Waals surface area contributed by atoms with Gasteiger partial charge in [0.2, 0.25) is 5.13 Å². The number of rotatable bonds is 3. The summed E-state index contributed by atoms with van der Waals surface area (Å²) in [6, 6.07) is 3.15. The fourth-order valence-electron chi connectivity index (χ4n) is 1.34. The van der Waals surface area contributed by atoms with Crippen LogP contribution in [0, 0.1) is 6.92 Å². The van der Waals surface area contributed by atoms with E-state index in [0.717, 1.165) is 11.3 Å². The molecule has 18 heavy (non-hydrogen) atoms. The van der Waals surface area contributed by atoms with Gasteiger partial charge in [0.15, 0.2) is 0 Å². The third-order valence-electron chi connectivity index (χ3n) is 2.24. The maximum absolute atomic E-state index is 12.2. The van der Waals surface area contributed by atoms with E-state index in [1.165, 1.54) is 11.6 Å². The van der Waals surface area contributed by atoms with Gasteiger partial charge < -0.3 is 5.73 Å². The number of sulfonamides is 1. The molecule has 0 aliphatic rings. The second-order valence-electron chi connectivity index (χ2n) is 3.47. The van der Waals surface area contributed by atoms with Gasteiger partial charge in [-0.2, -0.15) is 0 Å². The number of hydrogen-bond acceptors (Lipinski definition) is 6. The average Bonchev–Trinajstić information content (AvgIpc) is 2.75. The zero-order chi connectivity index (χ0) is 13.3. The van der Waals surface area contributed by atoms with Crippen molar-refractivity contribution in [3.8, 4) is 0 Å². The molecule has 1 heterocycles. The molecule has 0 amide bonds. The highest BCUT2D eigenvalue weighted by molar-refractivity contribution is 9.10. The Morgan fingerprint density at radius 1 is 1.44 bits per heavy atom. The molecule has 6 nitrogen and oxygen atoms in total. The van der Waals surface area contributed by atoms with Crippen molar-refractivity contribution in [2.45, 2.75) is 11.8 Å². The molecular formula is C9H9BrN4O2S2. The molecule has 96 valence electrons. The highest BCUT2D eigenvalue weighted by atomic mass is 79.9. The molecule has 0 fully saturated rings. The Morgan fingerprint density at radius 2 is 2.17 bits per heavy atom. The first-order chi connectivity index (χ1) is 8.40. The van der Waals surface area contributed by atoms with Crippen molar-refractivity contribution in [2.75, 3.05) is 10.5 Å². The number of hydrogen-bond donors (Lipinski definition) is 2. The van der Waals surface area contributed by atoms with E-state index in [2.05, 4.69) is 30.8 Å². The van der Waals surface area contributed by atoms with Gasteiger partial charge in [0, 0.05) is 10.2 Å². The minimum absolute atomic E-state index is 0.115. The number of nitrogen functional groups attached to an aromatic ring is 1. The van der Waals surface area contributed by atoms with Crippen LogP contribution >= 0.6 is 27.3 Å². The van der Waals surface area contributed by atoms with Crippen molar-refractivity contribution < 1.29 is 8.42 Å². The van der Waals surface area contributed by atoms with Gasteiger partial charge in [0.05, 0.1) is 4.90 Å². The second kappa shape index (κ2) is 4.82. The number of aromatic nitrogens is 2. The summed E-state index contributed by atoms with van der Waals surface area (Å²) in [5.74, 6) is 0. The summed E-state index contributed by atoms with van der Waals surface area (Å²) >= 11 is 4.32. The number of halogens is 1. The molecule has 2 rings (SSSR count). The van der Waals surface area contributed by atoms with E-state index < -0.39 is 10.0 Å². The molecule has 3 N–H and O–H groups in total. The van der Waals surface area contributed by atoms with Crippen LogP contribution in [0.4, 0.5) is 10.8 Å². The van der Waals surface area contributed by atoms with Crippen LogP contribution in [0.15, 0.2) is 27.0 Å². The fourth-order valence-corrected chi connectivity index (χ4v) is 3.96. The second-order valence-corrected chi connectivity index (χ2v) is 6.87. The minimum atomic E-state index is -3.71.